The van der Waals surface area contributed by atoms with Gasteiger partial charge in [-0.25, -0.2) is 15.0 Å². The minimum Gasteiger partial charge on any atom is -0.456 e. The van der Waals surface area contributed by atoms with Gasteiger partial charge in [0, 0.05) is 49.5 Å². The van der Waals surface area contributed by atoms with Crippen LogP contribution in [0.25, 0.3) is 94.7 Å². The summed E-state index contributed by atoms with van der Waals surface area (Å²) in [5, 5.41) is 4.43. The molecule has 0 fully saturated rings. The average Bonchev–Trinajstić information content (AvgIpc) is 3.74. The third kappa shape index (κ3) is 4.52. The topological polar surface area (TPSA) is 56.7 Å². The zero-order valence-corrected chi connectivity index (χ0v) is 26.9. The molecule has 0 radical (unpaired) electrons. The van der Waals surface area contributed by atoms with E-state index >= 15 is 0 Å². The lowest BCUT2D eigenvalue weighted by atomic mass is 9.98. The fourth-order valence-electron chi connectivity index (χ4n) is 7.21. The molecule has 3 aromatic heterocycles. The summed E-state index contributed by atoms with van der Waals surface area (Å²) < 4.78 is 8.87. The molecule has 3 heterocycles. The van der Waals surface area contributed by atoms with Gasteiger partial charge in [-0.3, -0.25) is 0 Å². The summed E-state index contributed by atoms with van der Waals surface area (Å²) in [6.07, 6.45) is 0. The SMILES string of the molecule is c1ccc(-c2nc(-c3ccccc3)nc(-c3cccc4oc5ccc(-c6cccc7c8ccccc8n(-c8ccccc8)c67)cc5c34)n2)cc1. The molecule has 234 valence electrons. The van der Waals surface area contributed by atoms with Crippen LogP contribution in [0, 0.1) is 0 Å². The lowest BCUT2D eigenvalue weighted by molar-refractivity contribution is 0.669. The Bertz CT molecular complexity index is 2800. The molecular formula is C45H28N4O. The standard InChI is InChI=1S/C45H28N4O/c1-4-14-29(15-5-1)43-46-44(30-16-6-2-7-17-30)48-45(47-43)36-23-13-25-40-41(36)37-28-31(26-27-39(37)50-40)33-21-12-22-35-34-20-10-11-24-38(34)49(42(33)35)32-18-8-3-9-19-32/h1-28H. The normalized spacial score (nSPS) is 11.6. The van der Waals surface area contributed by atoms with Gasteiger partial charge in [0.15, 0.2) is 17.5 Å². The maximum atomic E-state index is 6.49. The van der Waals surface area contributed by atoms with Crippen LogP contribution in [0.4, 0.5) is 0 Å². The molecule has 10 rings (SSSR count). The highest BCUT2D eigenvalue weighted by molar-refractivity contribution is 6.16. The van der Waals surface area contributed by atoms with E-state index in [1.807, 2.05) is 72.8 Å². The van der Waals surface area contributed by atoms with Crippen LogP contribution in [0.1, 0.15) is 0 Å². The summed E-state index contributed by atoms with van der Waals surface area (Å²) in [6.45, 7) is 0. The van der Waals surface area contributed by atoms with Crippen LogP contribution in [-0.2, 0) is 0 Å². The second kappa shape index (κ2) is 11.4. The number of fused-ring (bicyclic) bond motifs is 6. The summed E-state index contributed by atoms with van der Waals surface area (Å²) in [4.78, 5) is 15.0. The van der Waals surface area contributed by atoms with Crippen molar-refractivity contribution in [1.29, 1.82) is 0 Å². The average molecular weight is 641 g/mol. The number of hydrogen-bond donors (Lipinski definition) is 0. The van der Waals surface area contributed by atoms with Crippen LogP contribution in [0.3, 0.4) is 0 Å². The number of nitrogens with zero attached hydrogens (tertiary/aromatic N) is 4. The van der Waals surface area contributed by atoms with Crippen molar-refractivity contribution in [2.24, 2.45) is 0 Å². The highest BCUT2D eigenvalue weighted by Crippen LogP contribution is 2.42. The van der Waals surface area contributed by atoms with E-state index in [0.29, 0.717) is 17.5 Å². The molecule has 50 heavy (non-hydrogen) atoms. The lowest BCUT2D eigenvalue weighted by Gasteiger charge is -2.12. The zero-order valence-electron chi connectivity index (χ0n) is 26.9. The van der Waals surface area contributed by atoms with Gasteiger partial charge in [0.2, 0.25) is 0 Å². The zero-order chi connectivity index (χ0) is 33.0. The first-order valence-electron chi connectivity index (χ1n) is 16.7. The summed E-state index contributed by atoms with van der Waals surface area (Å²) in [5.74, 6) is 1.85. The second-order valence-corrected chi connectivity index (χ2v) is 12.4. The molecule has 0 aliphatic carbocycles. The molecule has 0 amide bonds. The predicted octanol–water partition coefficient (Wildman–Crippen LogP) is 11.5. The van der Waals surface area contributed by atoms with E-state index < -0.39 is 0 Å². The molecule has 5 nitrogen and oxygen atoms in total. The molecular weight excluding hydrogens is 613 g/mol. The van der Waals surface area contributed by atoms with Gasteiger partial charge in [-0.1, -0.05) is 133 Å². The fourth-order valence-corrected chi connectivity index (χ4v) is 7.21. The molecule has 0 atom stereocenters. The highest BCUT2D eigenvalue weighted by Gasteiger charge is 2.20. The van der Waals surface area contributed by atoms with E-state index in [2.05, 4.69) is 102 Å². The summed E-state index contributed by atoms with van der Waals surface area (Å²) in [7, 11) is 0. The number of aromatic nitrogens is 4. The molecule has 0 bridgehead atoms. The van der Waals surface area contributed by atoms with Crippen molar-refractivity contribution in [2.45, 2.75) is 0 Å². The molecule has 0 unspecified atom stereocenters. The van der Waals surface area contributed by atoms with E-state index in [4.69, 9.17) is 19.4 Å². The van der Waals surface area contributed by atoms with Gasteiger partial charge in [-0.15, -0.1) is 0 Å². The van der Waals surface area contributed by atoms with E-state index in [-0.39, 0.29) is 0 Å². The van der Waals surface area contributed by atoms with Gasteiger partial charge in [-0.2, -0.15) is 0 Å². The summed E-state index contributed by atoms with van der Waals surface area (Å²) >= 11 is 0. The molecule has 7 aromatic carbocycles. The molecule has 0 saturated heterocycles. The predicted molar refractivity (Wildman–Crippen MR) is 203 cm³/mol. The number of rotatable bonds is 5. The molecule has 0 saturated carbocycles. The van der Waals surface area contributed by atoms with Crippen molar-refractivity contribution < 1.29 is 4.42 Å². The smallest absolute Gasteiger partial charge is 0.164 e. The third-order valence-electron chi connectivity index (χ3n) is 9.46. The lowest BCUT2D eigenvalue weighted by Crippen LogP contribution is -2.00. The van der Waals surface area contributed by atoms with Crippen molar-refractivity contribution in [3.8, 4) is 51.0 Å². The van der Waals surface area contributed by atoms with Crippen LogP contribution in [0.5, 0.6) is 0 Å². The van der Waals surface area contributed by atoms with Crippen molar-refractivity contribution >= 4 is 43.7 Å². The van der Waals surface area contributed by atoms with Crippen molar-refractivity contribution in [3.05, 3.63) is 170 Å². The van der Waals surface area contributed by atoms with E-state index in [0.717, 1.165) is 55.4 Å². The minimum absolute atomic E-state index is 0.600. The van der Waals surface area contributed by atoms with Gasteiger partial charge in [0.1, 0.15) is 11.2 Å². The van der Waals surface area contributed by atoms with Crippen molar-refractivity contribution in [1.82, 2.24) is 19.5 Å². The first-order valence-corrected chi connectivity index (χ1v) is 16.7. The van der Waals surface area contributed by atoms with Gasteiger partial charge in [0.05, 0.1) is 11.0 Å². The first kappa shape index (κ1) is 28.2. The molecule has 0 spiro atoms. The number of hydrogen-bond acceptors (Lipinski definition) is 4. The Labute approximate surface area is 287 Å². The van der Waals surface area contributed by atoms with Gasteiger partial charge in [0.25, 0.3) is 0 Å². The van der Waals surface area contributed by atoms with E-state index in [1.54, 1.807) is 0 Å². The Morgan fingerprint density at radius 2 is 1.00 bits per heavy atom. The summed E-state index contributed by atoms with van der Waals surface area (Å²) in [5.41, 5.74) is 10.1. The maximum Gasteiger partial charge on any atom is 0.164 e. The Morgan fingerprint density at radius 3 is 1.74 bits per heavy atom. The van der Waals surface area contributed by atoms with Gasteiger partial charge >= 0.3 is 0 Å². The second-order valence-electron chi connectivity index (χ2n) is 12.4. The Kier molecular flexibility index (Phi) is 6.42. The molecule has 10 aromatic rings. The third-order valence-corrected chi connectivity index (χ3v) is 9.46. The Hall–Kier alpha value is -6.85. The number of furan rings is 1. The van der Waals surface area contributed by atoms with Crippen LogP contribution in [-0.4, -0.2) is 19.5 Å². The van der Waals surface area contributed by atoms with Crippen molar-refractivity contribution in [3.63, 3.8) is 0 Å². The summed E-state index contributed by atoms with van der Waals surface area (Å²) in [6, 6.07) is 58.6. The number of para-hydroxylation sites is 3. The van der Waals surface area contributed by atoms with Crippen molar-refractivity contribution in [2.75, 3.05) is 0 Å². The number of benzene rings is 7. The van der Waals surface area contributed by atoms with Crippen LogP contribution in [0.15, 0.2) is 174 Å². The fraction of sp³-hybridized carbons (Fsp3) is 0. The monoisotopic (exact) mass is 640 g/mol. The van der Waals surface area contributed by atoms with Gasteiger partial charge in [-0.05, 0) is 42.0 Å². The quantitative estimate of drug-likeness (QED) is 0.188. The first-order chi connectivity index (χ1) is 24.8. The highest BCUT2D eigenvalue weighted by atomic mass is 16.3. The van der Waals surface area contributed by atoms with Crippen LogP contribution < -0.4 is 0 Å². The largest absolute Gasteiger partial charge is 0.456 e. The maximum absolute atomic E-state index is 6.49. The molecule has 0 aliphatic heterocycles. The Morgan fingerprint density at radius 1 is 0.400 bits per heavy atom. The van der Waals surface area contributed by atoms with E-state index in [1.165, 1.54) is 21.8 Å². The Balaban J connectivity index is 1.22. The molecule has 0 aliphatic rings. The van der Waals surface area contributed by atoms with Crippen LogP contribution in [0.2, 0.25) is 0 Å². The molecule has 0 N–H and O–H groups in total. The van der Waals surface area contributed by atoms with Crippen LogP contribution >= 0.6 is 0 Å². The van der Waals surface area contributed by atoms with Gasteiger partial charge < -0.3 is 8.98 Å². The van der Waals surface area contributed by atoms with E-state index in [9.17, 15) is 0 Å². The minimum atomic E-state index is 0.600. The molecule has 5 heteroatoms.